The fourth-order valence-corrected chi connectivity index (χ4v) is 8.36. The number of anilines is 3. The zero-order chi connectivity index (χ0) is 47.3. The van der Waals surface area contributed by atoms with Gasteiger partial charge in [-0.1, -0.05) is 53.2 Å². The van der Waals surface area contributed by atoms with E-state index < -0.39 is 11.9 Å². The van der Waals surface area contributed by atoms with E-state index in [9.17, 15) is 14.4 Å². The van der Waals surface area contributed by atoms with Crippen molar-refractivity contribution < 1.29 is 28.6 Å². The van der Waals surface area contributed by atoms with Gasteiger partial charge in [0.25, 0.3) is 0 Å². The number of nitrogens with zero attached hydrogens (tertiary/aromatic N) is 9. The molecule has 0 spiro atoms. The van der Waals surface area contributed by atoms with E-state index in [1.807, 2.05) is 60.2 Å². The van der Waals surface area contributed by atoms with Crippen LogP contribution in [0.2, 0.25) is 5.02 Å². The third-order valence-electron chi connectivity index (χ3n) is 10.4. The summed E-state index contributed by atoms with van der Waals surface area (Å²) in [5.41, 5.74) is 11.8. The molecule has 5 aromatic heterocycles. The van der Waals surface area contributed by atoms with Gasteiger partial charge < -0.3 is 40.5 Å². The molecule has 1 atom stereocenters. The van der Waals surface area contributed by atoms with Gasteiger partial charge >= 0.3 is 0 Å². The van der Waals surface area contributed by atoms with Crippen LogP contribution in [0.4, 0.5) is 17.5 Å². The van der Waals surface area contributed by atoms with E-state index in [-0.39, 0.29) is 55.0 Å². The summed E-state index contributed by atoms with van der Waals surface area (Å²) in [4.78, 5) is 59.6. The van der Waals surface area contributed by atoms with Gasteiger partial charge in [0.2, 0.25) is 23.7 Å². The number of imidazole rings is 1. The molecule has 7 rings (SSSR count). The fraction of sp³-hybridized carbons (Fsp3) is 0.311. The van der Waals surface area contributed by atoms with Crippen molar-refractivity contribution in [2.24, 2.45) is 0 Å². The molecule has 0 saturated heterocycles. The molecule has 2 aromatic carbocycles. The van der Waals surface area contributed by atoms with Gasteiger partial charge in [0.15, 0.2) is 17.0 Å². The number of benzene rings is 2. The number of aryl methyl sites for hydroxylation is 1. The van der Waals surface area contributed by atoms with Gasteiger partial charge in [-0.2, -0.15) is 9.97 Å². The van der Waals surface area contributed by atoms with E-state index in [0.29, 0.717) is 71.7 Å². The molecule has 0 saturated carbocycles. The molecule has 67 heavy (non-hydrogen) atoms. The van der Waals surface area contributed by atoms with E-state index in [4.69, 9.17) is 43.1 Å². The molecular formula is C45H49Cl2N13O6S. The lowest BCUT2D eigenvalue weighted by molar-refractivity contribution is -0.125. The first-order chi connectivity index (χ1) is 32.5. The molecule has 3 amide bonds. The Hall–Kier alpha value is -6.87. The fourth-order valence-electron chi connectivity index (χ4n) is 7.18. The number of nitrogen functional groups attached to an aromatic ring is 1. The normalized spacial score (nSPS) is 11.6. The summed E-state index contributed by atoms with van der Waals surface area (Å²) >= 11 is 14.1. The summed E-state index contributed by atoms with van der Waals surface area (Å²) in [5.74, 6) is 0.177. The molecule has 0 fully saturated rings. The number of hydrogen-bond acceptors (Lipinski definition) is 15. The summed E-state index contributed by atoms with van der Waals surface area (Å²) in [6, 6.07) is 17.2. The van der Waals surface area contributed by atoms with Crippen molar-refractivity contribution in [1.82, 2.24) is 50.1 Å². The highest BCUT2D eigenvalue weighted by atomic mass is 35.5. The number of alkyl halides is 1. The maximum absolute atomic E-state index is 13.7. The molecule has 5 heterocycles. The number of carbonyl (C=O) groups is 3. The standard InChI is InChI=1S/C45H49Cl2N13O6S/c1-28-22-52-34(29(2)41(28)64-3)24-58-27-53-39-42(54-45(48)55-43(39)58)50-16-18-65-17-15-49-37(61)25-59-23-31(56-57-59)26-66-35-12-11-32(20-33(35)47)60(38(62)21-46)40(36-10-7-19-67-36)44(63)51-14-13-30-8-5-4-6-9-30/h4-12,19-20,22-23,27,40H,13-18,21,24-26H2,1-3H3,(H,49,61)(H,51,63)(H3,48,50,54,55). The summed E-state index contributed by atoms with van der Waals surface area (Å²) in [5, 5.41) is 19.2. The zero-order valence-electron chi connectivity index (χ0n) is 36.9. The lowest BCUT2D eigenvalue weighted by atomic mass is 10.1. The minimum atomic E-state index is -0.988. The quantitative estimate of drug-likeness (QED) is 0.0472. The molecule has 350 valence electrons. The number of rotatable bonds is 23. The Labute approximate surface area is 400 Å². The number of nitrogens with one attached hydrogen (secondary N) is 3. The number of carbonyl (C=O) groups excluding carboxylic acids is 3. The average molecular weight is 971 g/mol. The predicted octanol–water partition coefficient (Wildman–Crippen LogP) is 5.28. The molecule has 7 aromatic rings. The van der Waals surface area contributed by atoms with Crippen LogP contribution >= 0.6 is 34.5 Å². The largest absolute Gasteiger partial charge is 0.496 e. The number of thiophene rings is 1. The van der Waals surface area contributed by atoms with Gasteiger partial charge in [-0.3, -0.25) is 24.3 Å². The SMILES string of the molecule is COc1c(C)cnc(Cn2cnc3c(NCCOCCNC(=O)Cn4cc(COc5ccc(N(C(=O)CCl)C(C(=O)NCCc6ccccc6)c6cccs6)cc5Cl)nn4)nc(N)nc32)c1C. The van der Waals surface area contributed by atoms with Gasteiger partial charge in [0, 0.05) is 47.5 Å². The van der Waals surface area contributed by atoms with Crippen LogP contribution in [0.3, 0.4) is 0 Å². The zero-order valence-corrected chi connectivity index (χ0v) is 39.3. The number of halogens is 2. The molecule has 19 nitrogen and oxygen atoms in total. The second-order valence-electron chi connectivity index (χ2n) is 15.1. The maximum atomic E-state index is 13.7. The number of hydrogen-bond donors (Lipinski definition) is 4. The predicted molar refractivity (Wildman–Crippen MR) is 256 cm³/mol. The third-order valence-corrected chi connectivity index (χ3v) is 11.8. The van der Waals surface area contributed by atoms with Gasteiger partial charge in [-0.25, -0.2) is 9.67 Å². The van der Waals surface area contributed by atoms with Crippen LogP contribution in [0, 0.1) is 13.8 Å². The number of aromatic nitrogens is 8. The first kappa shape index (κ1) is 48.1. The molecule has 0 bridgehead atoms. The summed E-state index contributed by atoms with van der Waals surface area (Å²) in [6.45, 7) is 5.87. The van der Waals surface area contributed by atoms with E-state index in [1.54, 1.807) is 50.1 Å². The second-order valence-corrected chi connectivity index (χ2v) is 16.7. The van der Waals surface area contributed by atoms with Crippen molar-refractivity contribution in [3.8, 4) is 11.5 Å². The van der Waals surface area contributed by atoms with E-state index in [1.165, 1.54) is 20.9 Å². The van der Waals surface area contributed by atoms with Gasteiger partial charge in [-0.15, -0.1) is 28.0 Å². The van der Waals surface area contributed by atoms with Crippen molar-refractivity contribution in [3.63, 3.8) is 0 Å². The van der Waals surface area contributed by atoms with E-state index in [0.717, 1.165) is 28.1 Å². The Bertz CT molecular complexity index is 2790. The first-order valence-corrected chi connectivity index (χ1v) is 22.9. The molecule has 0 aliphatic carbocycles. The van der Waals surface area contributed by atoms with Crippen LogP contribution in [0.5, 0.6) is 11.5 Å². The summed E-state index contributed by atoms with van der Waals surface area (Å²) in [7, 11) is 1.64. The molecule has 22 heteroatoms. The van der Waals surface area contributed by atoms with Gasteiger partial charge in [0.05, 0.1) is 50.1 Å². The van der Waals surface area contributed by atoms with E-state index in [2.05, 4.69) is 46.2 Å². The highest BCUT2D eigenvalue weighted by molar-refractivity contribution is 7.10. The third kappa shape index (κ3) is 12.3. The van der Waals surface area contributed by atoms with Crippen molar-refractivity contribution in [2.45, 2.75) is 46.0 Å². The first-order valence-electron chi connectivity index (χ1n) is 21.1. The number of ether oxygens (including phenoxy) is 3. The van der Waals surface area contributed by atoms with Crippen LogP contribution in [0.1, 0.15) is 39.0 Å². The molecule has 0 radical (unpaired) electrons. The lowest BCUT2D eigenvalue weighted by Crippen LogP contribution is -2.44. The smallest absolute Gasteiger partial charge is 0.248 e. The topological polar surface area (TPSA) is 231 Å². The maximum Gasteiger partial charge on any atom is 0.248 e. The number of pyridine rings is 1. The summed E-state index contributed by atoms with van der Waals surface area (Å²) < 4.78 is 20.5. The highest BCUT2D eigenvalue weighted by Crippen LogP contribution is 2.36. The second kappa shape index (κ2) is 23.0. The van der Waals surface area contributed by atoms with Crippen molar-refractivity contribution >= 4 is 80.9 Å². The number of fused-ring (bicyclic) bond motifs is 1. The monoisotopic (exact) mass is 969 g/mol. The number of amides is 3. The summed E-state index contributed by atoms with van der Waals surface area (Å²) in [6.07, 6.45) is 5.66. The Morgan fingerprint density at radius 1 is 0.985 bits per heavy atom. The molecule has 5 N–H and O–H groups in total. The lowest BCUT2D eigenvalue weighted by Gasteiger charge is -2.30. The van der Waals surface area contributed by atoms with Crippen molar-refractivity contribution in [3.05, 3.63) is 123 Å². The molecule has 1 unspecified atom stereocenters. The van der Waals surface area contributed by atoms with Crippen LogP contribution < -0.4 is 36.1 Å². The molecule has 0 aliphatic rings. The van der Waals surface area contributed by atoms with Crippen LogP contribution in [-0.4, -0.2) is 103 Å². The number of nitrogens with two attached hydrogens (primary N) is 1. The Morgan fingerprint density at radius 3 is 2.57 bits per heavy atom. The van der Waals surface area contributed by atoms with Crippen LogP contribution in [0.15, 0.2) is 84.8 Å². The average Bonchev–Trinajstić information content (AvgIpc) is 4.11. The van der Waals surface area contributed by atoms with Gasteiger partial charge in [0.1, 0.15) is 42.3 Å². The highest BCUT2D eigenvalue weighted by Gasteiger charge is 2.33. The molecular weight excluding hydrogens is 922 g/mol. The number of methoxy groups -OCH3 is 1. The minimum absolute atomic E-state index is 0.0101. The Balaban J connectivity index is 0.850. The van der Waals surface area contributed by atoms with E-state index >= 15 is 0 Å². The van der Waals surface area contributed by atoms with Crippen molar-refractivity contribution in [2.75, 3.05) is 61.8 Å². The minimum Gasteiger partial charge on any atom is -0.496 e. The Kier molecular flexibility index (Phi) is 16.5. The van der Waals surface area contributed by atoms with Crippen molar-refractivity contribution in [1.29, 1.82) is 0 Å². The Morgan fingerprint density at radius 2 is 1.81 bits per heavy atom. The van der Waals surface area contributed by atoms with Gasteiger partial charge in [-0.05, 0) is 55.5 Å². The van der Waals surface area contributed by atoms with Crippen LogP contribution in [0.25, 0.3) is 11.2 Å². The van der Waals surface area contributed by atoms with Crippen LogP contribution in [-0.2, 0) is 45.2 Å². The molecule has 0 aliphatic heterocycles.